The van der Waals surface area contributed by atoms with Crippen molar-refractivity contribution in [2.45, 2.75) is 117 Å². The van der Waals surface area contributed by atoms with Gasteiger partial charge in [0.1, 0.15) is 11.5 Å². The molecule has 0 aliphatic rings. The second-order valence-corrected chi connectivity index (χ2v) is 15.3. The van der Waals surface area contributed by atoms with Gasteiger partial charge in [-0.25, -0.2) is 0 Å². The Balaban J connectivity index is 1.44. The summed E-state index contributed by atoms with van der Waals surface area (Å²) in [6, 6.07) is 52.9. The van der Waals surface area contributed by atoms with Crippen LogP contribution in [0.3, 0.4) is 0 Å². The molecule has 0 saturated carbocycles. The average molecular weight is 727 g/mol. The molecule has 55 heavy (non-hydrogen) atoms. The summed E-state index contributed by atoms with van der Waals surface area (Å²) >= 11 is 0. The van der Waals surface area contributed by atoms with Gasteiger partial charge < -0.3 is 4.74 Å². The van der Waals surface area contributed by atoms with Crippen LogP contribution in [0.25, 0.3) is 44.5 Å². The molecule has 0 aliphatic carbocycles. The lowest BCUT2D eigenvalue weighted by Gasteiger charge is -2.23. The molecule has 284 valence electrons. The second-order valence-electron chi connectivity index (χ2n) is 15.3. The highest BCUT2D eigenvalue weighted by Crippen LogP contribution is 2.48. The predicted octanol–water partition coefficient (Wildman–Crippen LogP) is 16.7. The first kappa shape index (κ1) is 39.8. The summed E-state index contributed by atoms with van der Waals surface area (Å²) in [5.74, 6) is 1.79. The molecular formula is C54H62O. The lowest BCUT2D eigenvalue weighted by atomic mass is 9.87. The largest absolute Gasteiger partial charge is 0.456 e. The smallest absolute Gasteiger partial charge is 0.135 e. The van der Waals surface area contributed by atoms with Gasteiger partial charge in [0, 0.05) is 11.1 Å². The van der Waals surface area contributed by atoms with Crippen molar-refractivity contribution in [1.82, 2.24) is 0 Å². The minimum Gasteiger partial charge on any atom is -0.456 e. The summed E-state index contributed by atoms with van der Waals surface area (Å²) in [7, 11) is 0. The quantitative estimate of drug-likeness (QED) is 0.0633. The van der Waals surface area contributed by atoms with Crippen molar-refractivity contribution in [3.05, 3.63) is 157 Å². The zero-order chi connectivity index (χ0) is 37.9. The van der Waals surface area contributed by atoms with Crippen molar-refractivity contribution < 1.29 is 4.74 Å². The van der Waals surface area contributed by atoms with Crippen LogP contribution < -0.4 is 4.74 Å². The molecule has 0 unspecified atom stereocenters. The Kier molecular flexibility index (Phi) is 15.8. The third-order valence-corrected chi connectivity index (χ3v) is 11.1. The standard InChI is InChI=1S/C54H62O/c1-3-5-7-9-11-13-19-37-47-39-41-49(53(45-33-25-17-26-34-45)51(47)43-29-21-15-22-30-43)55-50-42-40-48(38-20-14-12-10-8-6-4-2)52(44-31-23-16-24-32-44)54(50)46-35-27-18-28-36-46/h15-18,21-36,39-42H,3-14,19-20,37-38H2,1-2H3. The molecule has 1 heteroatoms. The molecule has 0 aliphatic heterocycles. The van der Waals surface area contributed by atoms with Crippen LogP contribution in [-0.2, 0) is 12.8 Å². The van der Waals surface area contributed by atoms with Crippen LogP contribution in [0.2, 0.25) is 0 Å². The Bertz CT molecular complexity index is 1830. The third kappa shape index (κ3) is 11.1. The number of benzene rings is 6. The Hall–Kier alpha value is -4.88. The predicted molar refractivity (Wildman–Crippen MR) is 238 cm³/mol. The fraction of sp³-hybridized carbons (Fsp3) is 0.333. The molecule has 1 nitrogen and oxygen atoms in total. The number of rotatable bonds is 22. The summed E-state index contributed by atoms with van der Waals surface area (Å²) in [4.78, 5) is 0. The van der Waals surface area contributed by atoms with Crippen LogP contribution in [0.5, 0.6) is 11.5 Å². The van der Waals surface area contributed by atoms with Crippen LogP contribution in [0.15, 0.2) is 146 Å². The van der Waals surface area contributed by atoms with E-state index in [9.17, 15) is 0 Å². The van der Waals surface area contributed by atoms with E-state index in [2.05, 4.69) is 159 Å². The number of aryl methyl sites for hydroxylation is 2. The highest BCUT2D eigenvalue weighted by atomic mass is 16.5. The fourth-order valence-corrected chi connectivity index (χ4v) is 8.16. The van der Waals surface area contributed by atoms with Crippen molar-refractivity contribution in [2.24, 2.45) is 0 Å². The zero-order valence-electron chi connectivity index (χ0n) is 33.6. The van der Waals surface area contributed by atoms with E-state index in [1.54, 1.807) is 0 Å². The van der Waals surface area contributed by atoms with Gasteiger partial charge in [-0.3, -0.25) is 0 Å². The number of hydrogen-bond donors (Lipinski definition) is 0. The summed E-state index contributed by atoms with van der Waals surface area (Å²) in [5, 5.41) is 0. The number of ether oxygens (including phenoxy) is 1. The highest BCUT2D eigenvalue weighted by molar-refractivity contribution is 5.92. The van der Waals surface area contributed by atoms with E-state index in [4.69, 9.17) is 4.74 Å². The molecule has 0 heterocycles. The lowest BCUT2D eigenvalue weighted by Crippen LogP contribution is -2.01. The SMILES string of the molecule is CCCCCCCCCc1ccc(Oc2ccc(CCCCCCCCC)c(-c3ccccc3)c2-c2ccccc2)c(-c2ccccc2)c1-c1ccccc1. The van der Waals surface area contributed by atoms with Gasteiger partial charge in [0.25, 0.3) is 0 Å². The van der Waals surface area contributed by atoms with E-state index in [0.717, 1.165) is 24.3 Å². The molecular weight excluding hydrogens is 665 g/mol. The highest BCUT2D eigenvalue weighted by Gasteiger charge is 2.22. The summed E-state index contributed by atoms with van der Waals surface area (Å²) in [6.45, 7) is 4.58. The van der Waals surface area contributed by atoms with Crippen LogP contribution in [0, 0.1) is 0 Å². The maximum Gasteiger partial charge on any atom is 0.135 e. The van der Waals surface area contributed by atoms with Gasteiger partial charge >= 0.3 is 0 Å². The Morgan fingerprint density at radius 2 is 0.582 bits per heavy atom. The first-order valence-corrected chi connectivity index (χ1v) is 21.5. The van der Waals surface area contributed by atoms with Crippen molar-refractivity contribution >= 4 is 0 Å². The molecule has 6 rings (SSSR count). The molecule has 0 fully saturated rings. The van der Waals surface area contributed by atoms with Crippen molar-refractivity contribution in [1.29, 1.82) is 0 Å². The molecule has 0 spiro atoms. The van der Waals surface area contributed by atoms with E-state index in [1.807, 2.05) is 0 Å². The molecule has 0 saturated heterocycles. The Morgan fingerprint density at radius 3 is 0.909 bits per heavy atom. The van der Waals surface area contributed by atoms with Gasteiger partial charge in [0.15, 0.2) is 0 Å². The number of unbranched alkanes of at least 4 members (excludes halogenated alkanes) is 12. The van der Waals surface area contributed by atoms with E-state index < -0.39 is 0 Å². The molecule has 0 aromatic heterocycles. The molecule has 0 atom stereocenters. The maximum absolute atomic E-state index is 7.34. The van der Waals surface area contributed by atoms with Gasteiger partial charge in [-0.1, -0.05) is 224 Å². The average Bonchev–Trinajstić information content (AvgIpc) is 3.24. The van der Waals surface area contributed by atoms with Gasteiger partial charge in [0.05, 0.1) is 0 Å². The fourth-order valence-electron chi connectivity index (χ4n) is 8.16. The first-order chi connectivity index (χ1) is 27.3. The summed E-state index contributed by atoms with van der Waals surface area (Å²) in [5.41, 5.74) is 12.5. The van der Waals surface area contributed by atoms with Gasteiger partial charge in [-0.05, 0) is 82.3 Å². The Morgan fingerprint density at radius 1 is 0.291 bits per heavy atom. The topological polar surface area (TPSA) is 9.23 Å². The van der Waals surface area contributed by atoms with E-state index in [-0.39, 0.29) is 0 Å². The van der Waals surface area contributed by atoms with Crippen molar-refractivity contribution in [2.75, 3.05) is 0 Å². The zero-order valence-corrected chi connectivity index (χ0v) is 33.6. The van der Waals surface area contributed by atoms with Crippen molar-refractivity contribution in [3.8, 4) is 56.0 Å². The third-order valence-electron chi connectivity index (χ3n) is 11.1. The minimum absolute atomic E-state index is 0.893. The van der Waals surface area contributed by atoms with Crippen molar-refractivity contribution in [3.63, 3.8) is 0 Å². The Labute approximate surface area is 332 Å². The molecule has 0 N–H and O–H groups in total. The number of hydrogen-bond acceptors (Lipinski definition) is 1. The molecule has 6 aromatic rings. The molecule has 0 amide bonds. The molecule has 0 bridgehead atoms. The first-order valence-electron chi connectivity index (χ1n) is 21.5. The lowest BCUT2D eigenvalue weighted by molar-refractivity contribution is 0.486. The summed E-state index contributed by atoms with van der Waals surface area (Å²) in [6.07, 6.45) is 20.3. The van der Waals surface area contributed by atoms with Crippen LogP contribution in [0.4, 0.5) is 0 Å². The molecule has 6 aromatic carbocycles. The van der Waals surface area contributed by atoms with Crippen LogP contribution >= 0.6 is 0 Å². The minimum atomic E-state index is 0.893. The van der Waals surface area contributed by atoms with Crippen LogP contribution in [-0.4, -0.2) is 0 Å². The van der Waals surface area contributed by atoms with Gasteiger partial charge in [0.2, 0.25) is 0 Å². The van der Waals surface area contributed by atoms with E-state index in [1.165, 1.54) is 146 Å². The van der Waals surface area contributed by atoms with E-state index >= 15 is 0 Å². The maximum atomic E-state index is 7.34. The van der Waals surface area contributed by atoms with Gasteiger partial charge in [-0.2, -0.15) is 0 Å². The summed E-state index contributed by atoms with van der Waals surface area (Å²) < 4.78 is 7.34. The van der Waals surface area contributed by atoms with E-state index in [0.29, 0.717) is 0 Å². The monoisotopic (exact) mass is 726 g/mol. The van der Waals surface area contributed by atoms with Crippen LogP contribution in [0.1, 0.15) is 115 Å². The molecule has 0 radical (unpaired) electrons. The van der Waals surface area contributed by atoms with Gasteiger partial charge in [-0.15, -0.1) is 0 Å². The normalized spacial score (nSPS) is 11.2. The second kappa shape index (κ2) is 21.9.